The quantitative estimate of drug-likeness (QED) is 0.655. The molecule has 0 amide bonds. The number of carbonyl (C=O) groups is 1. The Kier molecular flexibility index (Phi) is 3.69. The highest BCUT2D eigenvalue weighted by molar-refractivity contribution is 7.13. The predicted molar refractivity (Wildman–Crippen MR) is 71.3 cm³/mol. The Hall–Kier alpha value is -2.21. The number of hydrazone groups is 1. The number of thiazole rings is 1. The summed E-state index contributed by atoms with van der Waals surface area (Å²) in [6, 6.07) is 9.70. The number of carboxylic acids is 1. The lowest BCUT2D eigenvalue weighted by Gasteiger charge is -2.00. The van der Waals surface area contributed by atoms with Gasteiger partial charge < -0.3 is 5.11 Å². The van der Waals surface area contributed by atoms with Crippen LogP contribution in [-0.2, 0) is 0 Å². The van der Waals surface area contributed by atoms with E-state index < -0.39 is 5.97 Å². The number of nitrogens with one attached hydrogen (secondary N) is 1. The van der Waals surface area contributed by atoms with Crippen LogP contribution in [0.4, 0.5) is 5.13 Å². The molecular weight excluding hydrogens is 250 g/mol. The molecule has 0 bridgehead atoms. The molecule has 2 N–H and O–H groups in total. The molecule has 18 heavy (non-hydrogen) atoms. The summed E-state index contributed by atoms with van der Waals surface area (Å²) in [5.41, 5.74) is 4.58. The molecule has 0 aliphatic rings. The highest BCUT2D eigenvalue weighted by Crippen LogP contribution is 2.15. The summed E-state index contributed by atoms with van der Waals surface area (Å²) in [5.74, 6) is -1.04. The normalized spacial score (nSPS) is 11.3. The molecule has 1 aromatic carbocycles. The molecule has 92 valence electrons. The number of hydrogen-bond acceptors (Lipinski definition) is 5. The van der Waals surface area contributed by atoms with Crippen molar-refractivity contribution in [3.8, 4) is 0 Å². The van der Waals surface area contributed by atoms with E-state index in [0.29, 0.717) is 5.13 Å². The summed E-state index contributed by atoms with van der Waals surface area (Å²) in [6.07, 6.45) is 0. The standard InChI is InChI=1S/C12H11N3O2S/c1-8(9-5-3-2-4-6-9)14-15-12-13-10(7-18-12)11(16)17/h2-7H,1H3,(H,13,15)(H,16,17)/b14-8-. The fourth-order valence-corrected chi connectivity index (χ4v) is 1.93. The highest BCUT2D eigenvalue weighted by Gasteiger charge is 2.07. The summed E-state index contributed by atoms with van der Waals surface area (Å²) < 4.78 is 0. The average Bonchev–Trinajstić information content (AvgIpc) is 2.86. The Morgan fingerprint density at radius 3 is 2.72 bits per heavy atom. The summed E-state index contributed by atoms with van der Waals surface area (Å²) in [6.45, 7) is 1.87. The van der Waals surface area contributed by atoms with E-state index in [9.17, 15) is 4.79 Å². The van der Waals surface area contributed by atoms with Crippen molar-refractivity contribution in [2.45, 2.75) is 6.92 Å². The van der Waals surface area contributed by atoms with Gasteiger partial charge in [0.1, 0.15) is 0 Å². The van der Waals surface area contributed by atoms with Crippen LogP contribution in [0.2, 0.25) is 0 Å². The van der Waals surface area contributed by atoms with Gasteiger partial charge in [0.2, 0.25) is 5.13 Å². The fraction of sp³-hybridized carbons (Fsp3) is 0.0833. The van der Waals surface area contributed by atoms with Gasteiger partial charge in [-0.3, -0.25) is 5.43 Å². The summed E-state index contributed by atoms with van der Waals surface area (Å²) in [5, 5.41) is 14.8. The molecule has 0 aliphatic heterocycles. The molecule has 0 atom stereocenters. The molecule has 0 unspecified atom stereocenters. The Labute approximate surface area is 108 Å². The van der Waals surface area contributed by atoms with Crippen LogP contribution in [0.5, 0.6) is 0 Å². The van der Waals surface area contributed by atoms with E-state index in [2.05, 4.69) is 15.5 Å². The highest BCUT2D eigenvalue weighted by atomic mass is 32.1. The van der Waals surface area contributed by atoms with Gasteiger partial charge in [-0.25, -0.2) is 9.78 Å². The smallest absolute Gasteiger partial charge is 0.355 e. The number of carboxylic acid groups (broad SMARTS) is 1. The molecule has 0 saturated heterocycles. The van der Waals surface area contributed by atoms with E-state index in [1.54, 1.807) is 0 Å². The van der Waals surface area contributed by atoms with Gasteiger partial charge >= 0.3 is 5.97 Å². The zero-order valence-electron chi connectivity index (χ0n) is 9.62. The Balaban J connectivity index is 2.08. The molecule has 0 aliphatic carbocycles. The third-order valence-electron chi connectivity index (χ3n) is 2.23. The first kappa shape index (κ1) is 12.3. The van der Waals surface area contributed by atoms with E-state index in [-0.39, 0.29) is 5.69 Å². The van der Waals surface area contributed by atoms with E-state index >= 15 is 0 Å². The lowest BCUT2D eigenvalue weighted by molar-refractivity contribution is 0.0691. The van der Waals surface area contributed by atoms with E-state index in [0.717, 1.165) is 11.3 Å². The third kappa shape index (κ3) is 2.92. The van der Waals surface area contributed by atoms with Gasteiger partial charge in [-0.05, 0) is 12.5 Å². The monoisotopic (exact) mass is 261 g/mol. The lowest BCUT2D eigenvalue weighted by atomic mass is 10.1. The predicted octanol–water partition coefficient (Wildman–Crippen LogP) is 2.68. The number of benzene rings is 1. The van der Waals surface area contributed by atoms with Gasteiger partial charge in [0, 0.05) is 5.38 Å². The van der Waals surface area contributed by atoms with Crippen LogP contribution in [0.3, 0.4) is 0 Å². The first-order chi connectivity index (χ1) is 8.66. The van der Waals surface area contributed by atoms with Crippen molar-refractivity contribution < 1.29 is 9.90 Å². The Morgan fingerprint density at radius 1 is 1.39 bits per heavy atom. The van der Waals surface area contributed by atoms with Crippen LogP contribution < -0.4 is 5.43 Å². The van der Waals surface area contributed by atoms with Gasteiger partial charge in [0.25, 0.3) is 0 Å². The van der Waals surface area contributed by atoms with Gasteiger partial charge in [0.15, 0.2) is 5.69 Å². The van der Waals surface area contributed by atoms with Crippen molar-refractivity contribution >= 4 is 28.1 Å². The van der Waals surface area contributed by atoms with Crippen LogP contribution in [0.15, 0.2) is 40.8 Å². The topological polar surface area (TPSA) is 74.6 Å². The fourth-order valence-electron chi connectivity index (χ4n) is 1.30. The van der Waals surface area contributed by atoms with Crippen LogP contribution >= 0.6 is 11.3 Å². The molecule has 6 heteroatoms. The number of anilines is 1. The maximum Gasteiger partial charge on any atom is 0.355 e. The zero-order valence-corrected chi connectivity index (χ0v) is 10.4. The second-order valence-corrected chi connectivity index (χ2v) is 4.38. The van der Waals surface area contributed by atoms with Crippen molar-refractivity contribution in [1.82, 2.24) is 4.98 Å². The second kappa shape index (κ2) is 5.42. The molecule has 1 aromatic heterocycles. The minimum absolute atomic E-state index is 0.0232. The maximum absolute atomic E-state index is 10.7. The molecule has 2 aromatic rings. The summed E-state index contributed by atoms with van der Waals surface area (Å²) >= 11 is 1.20. The molecule has 1 heterocycles. The van der Waals surface area contributed by atoms with Gasteiger partial charge in [0.05, 0.1) is 5.71 Å². The summed E-state index contributed by atoms with van der Waals surface area (Å²) in [4.78, 5) is 14.5. The molecular formula is C12H11N3O2S. The van der Waals surface area contributed by atoms with Gasteiger partial charge in [-0.1, -0.05) is 30.3 Å². The number of hydrogen-bond donors (Lipinski definition) is 2. The van der Waals surface area contributed by atoms with Crippen LogP contribution in [0.25, 0.3) is 0 Å². The molecule has 0 fully saturated rings. The van der Waals surface area contributed by atoms with Gasteiger partial charge in [-0.2, -0.15) is 5.10 Å². The first-order valence-corrected chi connectivity index (χ1v) is 6.09. The van der Waals surface area contributed by atoms with E-state index in [1.807, 2.05) is 37.3 Å². The minimum atomic E-state index is -1.04. The maximum atomic E-state index is 10.7. The number of aromatic nitrogens is 1. The zero-order chi connectivity index (χ0) is 13.0. The summed E-state index contributed by atoms with van der Waals surface area (Å²) in [7, 11) is 0. The molecule has 2 rings (SSSR count). The average molecular weight is 261 g/mol. The Bertz CT molecular complexity index is 578. The second-order valence-electron chi connectivity index (χ2n) is 3.52. The molecule has 0 radical (unpaired) electrons. The molecule has 0 saturated carbocycles. The first-order valence-electron chi connectivity index (χ1n) is 5.21. The van der Waals surface area contributed by atoms with Crippen molar-refractivity contribution in [3.63, 3.8) is 0 Å². The van der Waals surface area contributed by atoms with Crippen molar-refractivity contribution in [1.29, 1.82) is 0 Å². The minimum Gasteiger partial charge on any atom is -0.476 e. The van der Waals surface area contributed by atoms with Crippen molar-refractivity contribution in [2.24, 2.45) is 5.10 Å². The third-order valence-corrected chi connectivity index (χ3v) is 2.98. The number of nitrogens with zero attached hydrogens (tertiary/aromatic N) is 2. The number of aromatic carboxylic acids is 1. The SMILES string of the molecule is C/C(=N/Nc1nc(C(=O)O)cs1)c1ccccc1. The Morgan fingerprint density at radius 2 is 2.11 bits per heavy atom. The van der Waals surface area contributed by atoms with Crippen molar-refractivity contribution in [2.75, 3.05) is 5.43 Å². The lowest BCUT2D eigenvalue weighted by Crippen LogP contribution is -2.00. The van der Waals surface area contributed by atoms with Crippen LogP contribution in [0.1, 0.15) is 23.0 Å². The van der Waals surface area contributed by atoms with E-state index in [4.69, 9.17) is 5.11 Å². The van der Waals surface area contributed by atoms with Crippen molar-refractivity contribution in [3.05, 3.63) is 47.0 Å². The van der Waals surface area contributed by atoms with Crippen LogP contribution in [0, 0.1) is 0 Å². The van der Waals surface area contributed by atoms with Gasteiger partial charge in [-0.15, -0.1) is 11.3 Å². The number of rotatable bonds is 4. The van der Waals surface area contributed by atoms with E-state index in [1.165, 1.54) is 16.7 Å². The largest absolute Gasteiger partial charge is 0.476 e. The molecule has 5 nitrogen and oxygen atoms in total. The van der Waals surface area contributed by atoms with Crippen LogP contribution in [-0.4, -0.2) is 21.8 Å². The molecule has 0 spiro atoms.